The number of hydroxylamine groups is 2. The molecule has 0 radical (unpaired) electrons. The van der Waals surface area contributed by atoms with Gasteiger partial charge in [0.25, 0.3) is 0 Å². The maximum Gasteiger partial charge on any atom is 0.212 e. The van der Waals surface area contributed by atoms with Gasteiger partial charge in [0.2, 0.25) is 8.32 Å². The predicted molar refractivity (Wildman–Crippen MR) is 65.4 cm³/mol. The zero-order chi connectivity index (χ0) is 12.2. The lowest BCUT2D eigenvalue weighted by Gasteiger charge is -2.29. The van der Waals surface area contributed by atoms with Gasteiger partial charge in [0.1, 0.15) is 6.04 Å². The molecule has 0 amide bonds. The second kappa shape index (κ2) is 3.79. The molecule has 5 atom stereocenters. The van der Waals surface area contributed by atoms with Crippen LogP contribution in [0.1, 0.15) is 12.8 Å². The van der Waals surface area contributed by atoms with Gasteiger partial charge in [0.05, 0.1) is 18.3 Å². The van der Waals surface area contributed by atoms with E-state index in [4.69, 9.17) is 9.26 Å². The molecule has 4 nitrogen and oxygen atoms in total. The standard InChI is InChI=1S/C12H20N2O2Si/c1-17(2,3)16-14-7-8-10-4-5-11(15-10)12(8)9(14)6-13/h8-12H,4-5,7H2,1-3H3/t8-,9?,10-,11+,12+/m0/s1. The van der Waals surface area contributed by atoms with Crippen molar-refractivity contribution >= 4 is 8.32 Å². The van der Waals surface area contributed by atoms with Gasteiger partial charge in [-0.3, -0.25) is 0 Å². The smallest absolute Gasteiger partial charge is 0.212 e. The fraction of sp³-hybridized carbons (Fsp3) is 0.917. The minimum atomic E-state index is -1.62. The fourth-order valence-electron chi connectivity index (χ4n) is 3.60. The van der Waals surface area contributed by atoms with Crippen LogP contribution in [0.15, 0.2) is 0 Å². The quantitative estimate of drug-likeness (QED) is 0.702. The lowest BCUT2D eigenvalue weighted by Crippen LogP contribution is -2.42. The summed E-state index contributed by atoms with van der Waals surface area (Å²) >= 11 is 0. The lowest BCUT2D eigenvalue weighted by molar-refractivity contribution is -0.0863. The largest absolute Gasteiger partial charge is 0.374 e. The summed E-state index contributed by atoms with van der Waals surface area (Å²) in [6.07, 6.45) is 3.00. The second-order valence-corrected chi connectivity index (χ2v) is 10.8. The molecule has 2 bridgehead atoms. The molecule has 3 aliphatic heterocycles. The first-order valence-electron chi connectivity index (χ1n) is 6.50. The number of hydrogen-bond donors (Lipinski definition) is 0. The first kappa shape index (κ1) is 11.7. The molecule has 94 valence electrons. The van der Waals surface area contributed by atoms with Crippen molar-refractivity contribution in [3.05, 3.63) is 0 Å². The minimum absolute atomic E-state index is 0.0953. The Labute approximate surface area is 104 Å². The summed E-state index contributed by atoms with van der Waals surface area (Å²) in [4.78, 5) is 0. The molecule has 3 aliphatic rings. The van der Waals surface area contributed by atoms with E-state index in [-0.39, 0.29) is 6.04 Å². The van der Waals surface area contributed by atoms with Crippen LogP contribution >= 0.6 is 0 Å². The topological polar surface area (TPSA) is 45.5 Å². The Balaban J connectivity index is 1.79. The highest BCUT2D eigenvalue weighted by molar-refractivity contribution is 6.69. The highest BCUT2D eigenvalue weighted by atomic mass is 28.4. The van der Waals surface area contributed by atoms with Crippen LogP contribution in [0.4, 0.5) is 0 Å². The minimum Gasteiger partial charge on any atom is -0.374 e. The van der Waals surface area contributed by atoms with Gasteiger partial charge in [-0.25, -0.2) is 0 Å². The fourth-order valence-corrected chi connectivity index (χ4v) is 4.49. The van der Waals surface area contributed by atoms with Gasteiger partial charge in [-0.2, -0.15) is 10.3 Å². The van der Waals surface area contributed by atoms with Crippen molar-refractivity contribution < 1.29 is 9.26 Å². The molecule has 3 fully saturated rings. The maximum atomic E-state index is 9.40. The summed E-state index contributed by atoms with van der Waals surface area (Å²) in [7, 11) is -1.62. The summed E-state index contributed by atoms with van der Waals surface area (Å²) in [6, 6.07) is 2.34. The molecular formula is C12H20N2O2Si. The molecule has 0 aromatic rings. The van der Waals surface area contributed by atoms with E-state index in [2.05, 4.69) is 25.7 Å². The van der Waals surface area contributed by atoms with E-state index in [1.54, 1.807) is 0 Å². The second-order valence-electron chi connectivity index (χ2n) is 6.41. The average molecular weight is 252 g/mol. The van der Waals surface area contributed by atoms with E-state index in [9.17, 15) is 5.26 Å². The third kappa shape index (κ3) is 1.84. The maximum absolute atomic E-state index is 9.40. The van der Waals surface area contributed by atoms with Crippen LogP contribution in [0.2, 0.25) is 19.6 Å². The molecule has 0 saturated carbocycles. The van der Waals surface area contributed by atoms with Crippen molar-refractivity contribution in [2.75, 3.05) is 6.54 Å². The van der Waals surface area contributed by atoms with Crippen molar-refractivity contribution in [3.8, 4) is 6.07 Å². The highest BCUT2D eigenvalue weighted by Crippen LogP contribution is 2.50. The van der Waals surface area contributed by atoms with Gasteiger partial charge < -0.3 is 9.26 Å². The molecule has 5 heteroatoms. The molecule has 3 heterocycles. The van der Waals surface area contributed by atoms with E-state index in [1.807, 2.05) is 5.06 Å². The number of rotatable bonds is 2. The first-order chi connectivity index (χ1) is 7.99. The molecule has 0 aliphatic carbocycles. The lowest BCUT2D eigenvalue weighted by atomic mass is 9.79. The van der Waals surface area contributed by atoms with Crippen LogP contribution < -0.4 is 0 Å². The van der Waals surface area contributed by atoms with Gasteiger partial charge in [-0.05, 0) is 32.5 Å². The van der Waals surface area contributed by atoms with E-state index in [1.165, 1.54) is 6.42 Å². The van der Waals surface area contributed by atoms with Crippen molar-refractivity contribution in [2.45, 2.75) is 50.7 Å². The zero-order valence-electron chi connectivity index (χ0n) is 10.7. The molecule has 3 saturated heterocycles. The molecule has 0 aromatic carbocycles. The average Bonchev–Trinajstić information content (AvgIpc) is 2.83. The SMILES string of the molecule is C[Si](C)(C)ON1C[C@@H]2[C@H](C1C#N)[C@H]1CC[C@@H]2O1. The number of ether oxygens (including phenoxy) is 1. The van der Waals surface area contributed by atoms with E-state index in [0.29, 0.717) is 24.0 Å². The zero-order valence-corrected chi connectivity index (χ0v) is 11.7. The molecule has 0 aromatic heterocycles. The highest BCUT2D eigenvalue weighted by Gasteiger charge is 2.58. The van der Waals surface area contributed by atoms with E-state index in [0.717, 1.165) is 13.0 Å². The van der Waals surface area contributed by atoms with Crippen LogP contribution in [0.25, 0.3) is 0 Å². The van der Waals surface area contributed by atoms with Gasteiger partial charge in [0, 0.05) is 18.4 Å². The van der Waals surface area contributed by atoms with Gasteiger partial charge in [0.15, 0.2) is 0 Å². The van der Waals surface area contributed by atoms with E-state index >= 15 is 0 Å². The Morgan fingerprint density at radius 1 is 1.29 bits per heavy atom. The van der Waals surface area contributed by atoms with Crippen LogP contribution in [-0.2, 0) is 9.26 Å². The number of nitrogens with zero attached hydrogens (tertiary/aromatic N) is 2. The van der Waals surface area contributed by atoms with Gasteiger partial charge >= 0.3 is 0 Å². The van der Waals surface area contributed by atoms with Crippen LogP contribution in [0.3, 0.4) is 0 Å². The Morgan fingerprint density at radius 2 is 2.00 bits per heavy atom. The molecule has 1 unspecified atom stereocenters. The molecule has 0 spiro atoms. The van der Waals surface area contributed by atoms with Crippen LogP contribution in [0.5, 0.6) is 0 Å². The molecule has 0 N–H and O–H groups in total. The van der Waals surface area contributed by atoms with Crippen molar-refractivity contribution in [1.82, 2.24) is 5.06 Å². The third-order valence-electron chi connectivity index (χ3n) is 4.08. The summed E-state index contributed by atoms with van der Waals surface area (Å²) in [6.45, 7) is 7.39. The molecule has 17 heavy (non-hydrogen) atoms. The Morgan fingerprint density at radius 3 is 2.65 bits per heavy atom. The first-order valence-corrected chi connectivity index (χ1v) is 9.91. The summed E-state index contributed by atoms with van der Waals surface area (Å²) < 4.78 is 12.0. The van der Waals surface area contributed by atoms with Gasteiger partial charge in [-0.15, -0.1) is 0 Å². The van der Waals surface area contributed by atoms with Crippen molar-refractivity contribution in [3.63, 3.8) is 0 Å². The van der Waals surface area contributed by atoms with E-state index < -0.39 is 8.32 Å². The summed E-state index contributed by atoms with van der Waals surface area (Å²) in [5, 5.41) is 11.4. The normalized spacial score (nSPS) is 44.9. The van der Waals surface area contributed by atoms with Crippen LogP contribution in [0, 0.1) is 23.2 Å². The summed E-state index contributed by atoms with van der Waals surface area (Å²) in [5.74, 6) is 0.907. The van der Waals surface area contributed by atoms with Gasteiger partial charge in [-0.1, -0.05) is 0 Å². The third-order valence-corrected chi connectivity index (χ3v) is 4.86. The summed E-state index contributed by atoms with van der Waals surface area (Å²) in [5.41, 5.74) is 0. The predicted octanol–water partition coefficient (Wildman–Crippen LogP) is 1.75. The Hall–Kier alpha value is -0.413. The Kier molecular flexibility index (Phi) is 2.60. The number of nitriles is 1. The van der Waals surface area contributed by atoms with Crippen LogP contribution in [-0.4, -0.2) is 38.2 Å². The van der Waals surface area contributed by atoms with Crippen molar-refractivity contribution in [1.29, 1.82) is 5.26 Å². The number of hydrogen-bond acceptors (Lipinski definition) is 4. The van der Waals surface area contributed by atoms with Crippen molar-refractivity contribution in [2.24, 2.45) is 11.8 Å². The molecule has 3 rings (SSSR count). The monoisotopic (exact) mass is 252 g/mol. The number of fused-ring (bicyclic) bond motifs is 5. The Bertz CT molecular complexity index is 362. The molecular weight excluding hydrogens is 232 g/mol.